The average molecular weight is 303 g/mol. The lowest BCUT2D eigenvalue weighted by atomic mass is 10.3. The van der Waals surface area contributed by atoms with Crippen LogP contribution in [0.3, 0.4) is 0 Å². The minimum Gasteiger partial charge on any atom is -0.383 e. The summed E-state index contributed by atoms with van der Waals surface area (Å²) in [5.74, 6) is 0.931. The number of aromatic nitrogens is 1. The van der Waals surface area contributed by atoms with Crippen LogP contribution in [0, 0.1) is 0 Å². The molecular weight excluding hydrogens is 284 g/mol. The van der Waals surface area contributed by atoms with Gasteiger partial charge in [0, 0.05) is 20.8 Å². The molecular formula is C12H19BrN2O2. The highest BCUT2D eigenvalue weighted by molar-refractivity contribution is 9.10. The maximum Gasteiger partial charge on any atom is 0.130 e. The zero-order chi connectivity index (χ0) is 12.7. The molecule has 1 aromatic heterocycles. The van der Waals surface area contributed by atoms with Gasteiger partial charge in [-0.3, -0.25) is 0 Å². The Morgan fingerprint density at radius 2 is 2.12 bits per heavy atom. The van der Waals surface area contributed by atoms with Crippen LogP contribution in [-0.2, 0) is 9.47 Å². The number of hydrogen-bond acceptors (Lipinski definition) is 4. The first-order valence-electron chi connectivity index (χ1n) is 5.56. The summed E-state index contributed by atoms with van der Waals surface area (Å²) in [5.41, 5.74) is 0. The molecule has 1 rings (SSSR count). The predicted molar refractivity (Wildman–Crippen MR) is 72.5 cm³/mol. The maximum atomic E-state index is 5.19. The summed E-state index contributed by atoms with van der Waals surface area (Å²) in [6, 6.07) is 6.15. The molecule has 96 valence electrons. The van der Waals surface area contributed by atoms with E-state index in [-0.39, 0.29) is 6.04 Å². The van der Waals surface area contributed by atoms with Gasteiger partial charge in [0.2, 0.25) is 0 Å². The van der Waals surface area contributed by atoms with E-state index in [4.69, 9.17) is 9.47 Å². The van der Waals surface area contributed by atoms with E-state index in [0.717, 1.165) is 17.0 Å². The molecule has 0 aliphatic heterocycles. The summed E-state index contributed by atoms with van der Waals surface area (Å²) < 4.78 is 11.2. The normalized spacial score (nSPS) is 12.5. The van der Waals surface area contributed by atoms with Crippen LogP contribution in [0.4, 0.5) is 5.82 Å². The van der Waals surface area contributed by atoms with Crippen LogP contribution in [0.5, 0.6) is 0 Å². The van der Waals surface area contributed by atoms with Gasteiger partial charge in [-0.05, 0) is 35.0 Å². The Hall–Kier alpha value is -0.650. The van der Waals surface area contributed by atoms with Crippen molar-refractivity contribution in [2.45, 2.75) is 13.0 Å². The molecule has 0 aromatic carbocycles. The van der Waals surface area contributed by atoms with Gasteiger partial charge in [0.05, 0.1) is 19.3 Å². The van der Waals surface area contributed by atoms with Crippen molar-refractivity contribution in [1.82, 2.24) is 4.98 Å². The molecule has 5 heteroatoms. The Morgan fingerprint density at radius 3 is 2.71 bits per heavy atom. The molecule has 0 aliphatic carbocycles. The molecule has 0 radical (unpaired) electrons. The lowest BCUT2D eigenvalue weighted by Crippen LogP contribution is -2.39. The molecule has 1 unspecified atom stereocenters. The van der Waals surface area contributed by atoms with Crippen LogP contribution >= 0.6 is 15.9 Å². The van der Waals surface area contributed by atoms with E-state index < -0.39 is 0 Å². The highest BCUT2D eigenvalue weighted by Gasteiger charge is 2.15. The highest BCUT2D eigenvalue weighted by atomic mass is 79.9. The van der Waals surface area contributed by atoms with Gasteiger partial charge >= 0.3 is 0 Å². The molecule has 4 nitrogen and oxygen atoms in total. The quantitative estimate of drug-likeness (QED) is 0.724. The second-order valence-electron chi connectivity index (χ2n) is 3.81. The molecule has 1 atom stereocenters. The molecule has 1 aromatic rings. The summed E-state index contributed by atoms with van der Waals surface area (Å²) in [6.45, 7) is 4.24. The molecule has 0 spiro atoms. The SMILES string of the molecule is COCCN(c1cccc(Br)n1)C(C)COC. The van der Waals surface area contributed by atoms with E-state index in [9.17, 15) is 0 Å². The first-order chi connectivity index (χ1) is 8.19. The molecule has 0 saturated carbocycles. The fraction of sp³-hybridized carbons (Fsp3) is 0.583. The van der Waals surface area contributed by atoms with Crippen LogP contribution in [0.25, 0.3) is 0 Å². The number of halogens is 1. The van der Waals surface area contributed by atoms with Gasteiger partial charge in [0.1, 0.15) is 10.4 Å². The number of nitrogens with zero attached hydrogens (tertiary/aromatic N) is 2. The number of anilines is 1. The topological polar surface area (TPSA) is 34.6 Å². The standard InChI is InChI=1S/C12H19BrN2O2/c1-10(9-17-3)15(7-8-16-2)12-6-4-5-11(13)14-12/h4-6,10H,7-9H2,1-3H3. The van der Waals surface area contributed by atoms with Crippen LogP contribution in [0.2, 0.25) is 0 Å². The van der Waals surface area contributed by atoms with E-state index in [1.165, 1.54) is 0 Å². The predicted octanol–water partition coefficient (Wildman–Crippen LogP) is 2.33. The molecule has 0 N–H and O–H groups in total. The smallest absolute Gasteiger partial charge is 0.130 e. The first kappa shape index (κ1) is 14.4. The molecule has 0 saturated heterocycles. The monoisotopic (exact) mass is 302 g/mol. The number of ether oxygens (including phenoxy) is 2. The van der Waals surface area contributed by atoms with Gasteiger partial charge < -0.3 is 14.4 Å². The van der Waals surface area contributed by atoms with Gasteiger partial charge in [0.15, 0.2) is 0 Å². The maximum absolute atomic E-state index is 5.19. The van der Waals surface area contributed by atoms with Crippen molar-refractivity contribution in [2.75, 3.05) is 38.9 Å². The Balaban J connectivity index is 2.81. The third-order valence-corrected chi connectivity index (χ3v) is 2.91. The Labute approximate surface area is 111 Å². The van der Waals surface area contributed by atoms with Crippen molar-refractivity contribution in [2.24, 2.45) is 0 Å². The Kier molecular flexibility index (Phi) is 6.47. The van der Waals surface area contributed by atoms with Crippen molar-refractivity contribution in [1.29, 1.82) is 0 Å². The fourth-order valence-electron chi connectivity index (χ4n) is 1.64. The molecule has 0 amide bonds. The summed E-state index contributed by atoms with van der Waals surface area (Å²) in [7, 11) is 3.41. The third kappa shape index (κ3) is 4.61. The van der Waals surface area contributed by atoms with Crippen LogP contribution in [0.15, 0.2) is 22.8 Å². The third-order valence-electron chi connectivity index (χ3n) is 2.47. The average Bonchev–Trinajstić information content (AvgIpc) is 2.30. The van der Waals surface area contributed by atoms with Gasteiger partial charge in [-0.15, -0.1) is 0 Å². The second kappa shape index (κ2) is 7.63. The summed E-state index contributed by atoms with van der Waals surface area (Å²) in [5, 5.41) is 0. The van der Waals surface area contributed by atoms with Gasteiger partial charge in [-0.1, -0.05) is 6.07 Å². The van der Waals surface area contributed by atoms with Gasteiger partial charge in [0.25, 0.3) is 0 Å². The largest absolute Gasteiger partial charge is 0.383 e. The fourth-order valence-corrected chi connectivity index (χ4v) is 1.97. The van der Waals surface area contributed by atoms with Gasteiger partial charge in [-0.25, -0.2) is 4.98 Å². The Bertz CT molecular complexity index is 336. The number of hydrogen-bond donors (Lipinski definition) is 0. The van der Waals surface area contributed by atoms with E-state index in [1.807, 2.05) is 18.2 Å². The van der Waals surface area contributed by atoms with E-state index >= 15 is 0 Å². The van der Waals surface area contributed by atoms with Gasteiger partial charge in [-0.2, -0.15) is 0 Å². The molecule has 0 bridgehead atoms. The Morgan fingerprint density at radius 1 is 1.35 bits per heavy atom. The molecule has 17 heavy (non-hydrogen) atoms. The van der Waals surface area contributed by atoms with Crippen molar-refractivity contribution in [3.8, 4) is 0 Å². The summed E-state index contributed by atoms with van der Waals surface area (Å²) >= 11 is 3.39. The number of rotatable bonds is 7. The van der Waals surface area contributed by atoms with Crippen molar-refractivity contribution in [3.63, 3.8) is 0 Å². The van der Waals surface area contributed by atoms with E-state index in [0.29, 0.717) is 13.2 Å². The lowest BCUT2D eigenvalue weighted by Gasteiger charge is -2.29. The van der Waals surface area contributed by atoms with Crippen LogP contribution < -0.4 is 4.90 Å². The molecule has 0 fully saturated rings. The zero-order valence-corrected chi connectivity index (χ0v) is 12.1. The minimum atomic E-state index is 0.261. The molecule has 1 heterocycles. The van der Waals surface area contributed by atoms with Crippen molar-refractivity contribution < 1.29 is 9.47 Å². The van der Waals surface area contributed by atoms with E-state index in [2.05, 4.69) is 32.7 Å². The van der Waals surface area contributed by atoms with Crippen molar-refractivity contribution in [3.05, 3.63) is 22.8 Å². The van der Waals surface area contributed by atoms with Crippen LogP contribution in [0.1, 0.15) is 6.92 Å². The number of pyridine rings is 1. The highest BCUT2D eigenvalue weighted by Crippen LogP contribution is 2.17. The van der Waals surface area contributed by atoms with Crippen molar-refractivity contribution >= 4 is 21.7 Å². The minimum absolute atomic E-state index is 0.261. The summed E-state index contributed by atoms with van der Waals surface area (Å²) in [6.07, 6.45) is 0. The number of methoxy groups -OCH3 is 2. The zero-order valence-electron chi connectivity index (χ0n) is 10.5. The second-order valence-corrected chi connectivity index (χ2v) is 4.62. The lowest BCUT2D eigenvalue weighted by molar-refractivity contribution is 0.170. The molecule has 0 aliphatic rings. The van der Waals surface area contributed by atoms with E-state index in [1.54, 1.807) is 14.2 Å². The first-order valence-corrected chi connectivity index (χ1v) is 6.35. The van der Waals surface area contributed by atoms with Crippen LogP contribution in [-0.4, -0.2) is 45.0 Å². The summed E-state index contributed by atoms with van der Waals surface area (Å²) in [4.78, 5) is 6.64.